The van der Waals surface area contributed by atoms with Crippen LogP contribution >= 0.6 is 0 Å². The Morgan fingerprint density at radius 3 is 2.69 bits per heavy atom. The minimum atomic E-state index is -0.178. The van der Waals surface area contributed by atoms with Crippen LogP contribution in [0.4, 0.5) is 0 Å². The minimum Gasteiger partial charge on any atom is -0.508 e. The van der Waals surface area contributed by atoms with E-state index in [2.05, 4.69) is 5.32 Å². The molecule has 0 bridgehead atoms. The lowest BCUT2D eigenvalue weighted by molar-refractivity contribution is -0.145. The fraction of sp³-hybridized carbons (Fsp3) is 0.417. The summed E-state index contributed by atoms with van der Waals surface area (Å²) in [7, 11) is 1.41. The number of hydrogen-bond donors (Lipinski definition) is 2. The molecule has 2 rings (SSSR count). The van der Waals surface area contributed by atoms with Gasteiger partial charge in [0, 0.05) is 19.0 Å². The highest BCUT2D eigenvalue weighted by Crippen LogP contribution is 2.29. The van der Waals surface area contributed by atoms with Crippen LogP contribution in [0.5, 0.6) is 5.75 Å². The molecule has 0 spiro atoms. The molecule has 4 heteroatoms. The van der Waals surface area contributed by atoms with Crippen molar-refractivity contribution < 1.29 is 14.6 Å². The maximum atomic E-state index is 11.6. The molecule has 1 heterocycles. The van der Waals surface area contributed by atoms with E-state index in [1.54, 1.807) is 12.1 Å². The maximum Gasteiger partial charge on any atom is 0.310 e. The molecule has 16 heavy (non-hydrogen) atoms. The Hall–Kier alpha value is -1.55. The molecule has 4 nitrogen and oxygen atoms in total. The van der Waals surface area contributed by atoms with Crippen molar-refractivity contribution in [3.05, 3.63) is 29.8 Å². The predicted molar refractivity (Wildman–Crippen MR) is 59.2 cm³/mol. The van der Waals surface area contributed by atoms with Crippen molar-refractivity contribution in [1.29, 1.82) is 0 Å². The first kappa shape index (κ1) is 11.0. The fourth-order valence-electron chi connectivity index (χ4n) is 2.15. The molecule has 1 saturated heterocycles. The Balaban J connectivity index is 2.19. The highest BCUT2D eigenvalue weighted by atomic mass is 16.5. The molecule has 2 N–H and O–H groups in total. The Kier molecular flexibility index (Phi) is 3.10. The van der Waals surface area contributed by atoms with Gasteiger partial charge in [-0.1, -0.05) is 12.1 Å². The lowest BCUT2D eigenvalue weighted by Crippen LogP contribution is -2.22. The van der Waals surface area contributed by atoms with E-state index < -0.39 is 0 Å². The summed E-state index contributed by atoms with van der Waals surface area (Å²) in [6.07, 6.45) is 0. The lowest BCUT2D eigenvalue weighted by Gasteiger charge is -2.16. The average Bonchev–Trinajstić information content (AvgIpc) is 2.78. The van der Waals surface area contributed by atoms with Gasteiger partial charge in [-0.2, -0.15) is 0 Å². The first-order valence-electron chi connectivity index (χ1n) is 5.30. The van der Waals surface area contributed by atoms with E-state index in [0.29, 0.717) is 6.54 Å². The van der Waals surface area contributed by atoms with Crippen LogP contribution in [0.1, 0.15) is 11.5 Å². The minimum absolute atomic E-state index is 0.130. The first-order valence-corrected chi connectivity index (χ1v) is 5.30. The van der Waals surface area contributed by atoms with Gasteiger partial charge in [-0.15, -0.1) is 0 Å². The standard InChI is InChI=1S/C12H15NO3/c1-16-12(15)11-7-13-6-10(11)8-2-4-9(14)5-3-8/h2-5,10-11,13-14H,6-7H2,1H3/t10-,11+/m0/s1. The van der Waals surface area contributed by atoms with Crippen LogP contribution in [0.2, 0.25) is 0 Å². The van der Waals surface area contributed by atoms with Gasteiger partial charge in [0.2, 0.25) is 0 Å². The number of ether oxygens (including phenoxy) is 1. The van der Waals surface area contributed by atoms with E-state index in [0.717, 1.165) is 12.1 Å². The van der Waals surface area contributed by atoms with Crippen molar-refractivity contribution in [2.75, 3.05) is 20.2 Å². The second-order valence-corrected chi connectivity index (χ2v) is 3.99. The molecular formula is C12H15NO3. The molecule has 1 aromatic rings. The molecule has 0 amide bonds. The number of phenolic OH excluding ortho intramolecular Hbond substituents is 1. The van der Waals surface area contributed by atoms with E-state index in [1.807, 2.05) is 12.1 Å². The Labute approximate surface area is 94.2 Å². The number of phenols is 1. The molecule has 86 valence electrons. The van der Waals surface area contributed by atoms with E-state index in [1.165, 1.54) is 7.11 Å². The molecule has 0 aromatic heterocycles. The van der Waals surface area contributed by atoms with Gasteiger partial charge < -0.3 is 15.2 Å². The molecule has 1 aliphatic heterocycles. The van der Waals surface area contributed by atoms with Gasteiger partial charge in [-0.25, -0.2) is 0 Å². The monoisotopic (exact) mass is 221 g/mol. The van der Waals surface area contributed by atoms with Crippen molar-refractivity contribution >= 4 is 5.97 Å². The Morgan fingerprint density at radius 2 is 2.06 bits per heavy atom. The third-order valence-electron chi connectivity index (χ3n) is 3.04. The summed E-state index contributed by atoms with van der Waals surface area (Å²) in [5.41, 5.74) is 1.05. The van der Waals surface area contributed by atoms with Crippen molar-refractivity contribution in [3.8, 4) is 5.75 Å². The van der Waals surface area contributed by atoms with Gasteiger partial charge >= 0.3 is 5.97 Å². The zero-order valence-corrected chi connectivity index (χ0v) is 9.14. The Bertz CT molecular complexity index is 374. The topological polar surface area (TPSA) is 58.6 Å². The second-order valence-electron chi connectivity index (χ2n) is 3.99. The van der Waals surface area contributed by atoms with Gasteiger partial charge in [0.05, 0.1) is 13.0 Å². The van der Waals surface area contributed by atoms with E-state index in [4.69, 9.17) is 4.74 Å². The summed E-state index contributed by atoms with van der Waals surface area (Å²) in [6, 6.07) is 6.98. The maximum absolute atomic E-state index is 11.6. The molecule has 1 aliphatic rings. The van der Waals surface area contributed by atoms with Crippen molar-refractivity contribution in [1.82, 2.24) is 5.32 Å². The summed E-state index contributed by atoms with van der Waals surface area (Å²) in [5.74, 6) is 0.0648. The van der Waals surface area contributed by atoms with E-state index in [-0.39, 0.29) is 23.6 Å². The molecular weight excluding hydrogens is 206 g/mol. The predicted octanol–water partition coefficient (Wildman–Crippen LogP) is 0.868. The number of rotatable bonds is 2. The normalized spacial score (nSPS) is 24.3. The summed E-state index contributed by atoms with van der Waals surface area (Å²) < 4.78 is 4.78. The van der Waals surface area contributed by atoms with Crippen LogP contribution < -0.4 is 5.32 Å². The highest BCUT2D eigenvalue weighted by molar-refractivity contribution is 5.74. The number of hydrogen-bond acceptors (Lipinski definition) is 4. The molecule has 0 aliphatic carbocycles. The molecule has 1 fully saturated rings. The van der Waals surface area contributed by atoms with Gasteiger partial charge in [0.15, 0.2) is 0 Å². The largest absolute Gasteiger partial charge is 0.508 e. The third-order valence-corrected chi connectivity index (χ3v) is 3.04. The first-order chi connectivity index (χ1) is 7.72. The van der Waals surface area contributed by atoms with Gasteiger partial charge in [0.25, 0.3) is 0 Å². The summed E-state index contributed by atoms with van der Waals surface area (Å²) in [5, 5.41) is 12.4. The zero-order chi connectivity index (χ0) is 11.5. The third kappa shape index (κ3) is 2.02. The van der Waals surface area contributed by atoms with Gasteiger partial charge in [-0.05, 0) is 17.7 Å². The van der Waals surface area contributed by atoms with Crippen LogP contribution in [-0.4, -0.2) is 31.3 Å². The molecule has 0 saturated carbocycles. The van der Waals surface area contributed by atoms with E-state index in [9.17, 15) is 9.90 Å². The number of carbonyl (C=O) groups is 1. The Morgan fingerprint density at radius 1 is 1.38 bits per heavy atom. The molecule has 2 atom stereocenters. The van der Waals surface area contributed by atoms with Gasteiger partial charge in [-0.3, -0.25) is 4.79 Å². The number of esters is 1. The van der Waals surface area contributed by atoms with Crippen LogP contribution in [0, 0.1) is 5.92 Å². The highest BCUT2D eigenvalue weighted by Gasteiger charge is 2.34. The van der Waals surface area contributed by atoms with Crippen molar-refractivity contribution in [2.24, 2.45) is 5.92 Å². The zero-order valence-electron chi connectivity index (χ0n) is 9.14. The number of methoxy groups -OCH3 is 1. The number of carbonyl (C=O) groups excluding carboxylic acids is 1. The van der Waals surface area contributed by atoms with Crippen molar-refractivity contribution in [3.63, 3.8) is 0 Å². The average molecular weight is 221 g/mol. The number of aromatic hydroxyl groups is 1. The second kappa shape index (κ2) is 4.53. The van der Waals surface area contributed by atoms with Crippen molar-refractivity contribution in [2.45, 2.75) is 5.92 Å². The summed E-state index contributed by atoms with van der Waals surface area (Å²) in [6.45, 7) is 1.42. The molecule has 0 unspecified atom stereocenters. The van der Waals surface area contributed by atoms with Crippen LogP contribution in [0.3, 0.4) is 0 Å². The van der Waals surface area contributed by atoms with Crippen LogP contribution in [-0.2, 0) is 9.53 Å². The number of benzene rings is 1. The SMILES string of the molecule is COC(=O)[C@@H]1CNC[C@H]1c1ccc(O)cc1. The van der Waals surface area contributed by atoms with Gasteiger partial charge in [0.1, 0.15) is 5.75 Å². The van der Waals surface area contributed by atoms with Crippen LogP contribution in [0.15, 0.2) is 24.3 Å². The molecule has 1 aromatic carbocycles. The smallest absolute Gasteiger partial charge is 0.310 e. The van der Waals surface area contributed by atoms with Crippen LogP contribution in [0.25, 0.3) is 0 Å². The lowest BCUT2D eigenvalue weighted by atomic mass is 9.89. The fourth-order valence-corrected chi connectivity index (χ4v) is 2.15. The number of nitrogens with one attached hydrogen (secondary N) is 1. The van der Waals surface area contributed by atoms with E-state index >= 15 is 0 Å². The molecule has 0 radical (unpaired) electrons. The summed E-state index contributed by atoms with van der Waals surface area (Å²) in [4.78, 5) is 11.6. The quantitative estimate of drug-likeness (QED) is 0.727. The summed E-state index contributed by atoms with van der Waals surface area (Å²) >= 11 is 0.